The summed E-state index contributed by atoms with van der Waals surface area (Å²) in [7, 11) is 4.75. The molecule has 1 amide bonds. The second kappa shape index (κ2) is 10.5. The van der Waals surface area contributed by atoms with Crippen LogP contribution in [0.4, 0.5) is 13.2 Å². The van der Waals surface area contributed by atoms with Crippen LogP contribution in [-0.2, 0) is 9.59 Å². The van der Waals surface area contributed by atoms with E-state index < -0.39 is 12.1 Å². The molecule has 0 aliphatic carbocycles. The summed E-state index contributed by atoms with van der Waals surface area (Å²) in [5.41, 5.74) is 1.72. The van der Waals surface area contributed by atoms with Crippen molar-refractivity contribution in [3.05, 3.63) is 24.2 Å². The van der Waals surface area contributed by atoms with E-state index in [1.807, 2.05) is 30.9 Å². The lowest BCUT2D eigenvalue weighted by molar-refractivity contribution is -0.192. The first-order valence-electron chi connectivity index (χ1n) is 9.87. The number of carboxylic acids is 1. The zero-order chi connectivity index (χ0) is 24.9. The lowest BCUT2D eigenvalue weighted by Gasteiger charge is -2.20. The van der Waals surface area contributed by atoms with E-state index in [9.17, 15) is 18.0 Å². The van der Waals surface area contributed by atoms with Crippen molar-refractivity contribution in [2.24, 2.45) is 0 Å². The smallest absolute Gasteiger partial charge is 0.490 e. The molecule has 2 N–H and O–H groups in total. The van der Waals surface area contributed by atoms with E-state index in [-0.39, 0.29) is 17.9 Å². The van der Waals surface area contributed by atoms with Crippen molar-refractivity contribution in [1.29, 1.82) is 0 Å². The highest BCUT2D eigenvalue weighted by Gasteiger charge is 2.38. The summed E-state index contributed by atoms with van der Waals surface area (Å²) in [6.45, 7) is 4.76. The Kier molecular flexibility index (Phi) is 8.18. The van der Waals surface area contributed by atoms with Crippen LogP contribution >= 0.6 is 0 Å². The third-order valence-electron chi connectivity index (χ3n) is 4.98. The summed E-state index contributed by atoms with van der Waals surface area (Å²) >= 11 is 0. The molecule has 1 aliphatic heterocycles. The van der Waals surface area contributed by atoms with Crippen molar-refractivity contribution in [2.75, 3.05) is 27.9 Å². The number of nitrogens with one attached hydrogen (secondary N) is 1. The van der Waals surface area contributed by atoms with Gasteiger partial charge in [0.1, 0.15) is 5.82 Å². The van der Waals surface area contributed by atoms with E-state index >= 15 is 0 Å². The number of halogens is 3. The lowest BCUT2D eigenvalue weighted by Crippen LogP contribution is -2.31. The van der Waals surface area contributed by atoms with Crippen LogP contribution in [-0.4, -0.2) is 71.9 Å². The van der Waals surface area contributed by atoms with Gasteiger partial charge in [-0.3, -0.25) is 4.79 Å². The van der Waals surface area contributed by atoms with Gasteiger partial charge < -0.3 is 29.2 Å². The minimum atomic E-state index is -5.08. The zero-order valence-corrected chi connectivity index (χ0v) is 18.8. The molecule has 1 saturated heterocycles. The molecule has 33 heavy (non-hydrogen) atoms. The van der Waals surface area contributed by atoms with E-state index in [1.54, 1.807) is 27.5 Å². The Labute approximate surface area is 188 Å². The van der Waals surface area contributed by atoms with Gasteiger partial charge in [0.05, 0.1) is 33.2 Å². The van der Waals surface area contributed by atoms with E-state index in [2.05, 4.69) is 9.97 Å². The molecule has 3 rings (SSSR count). The number of methoxy groups -OCH3 is 3. The number of rotatable bonds is 6. The number of carbonyl (C=O) groups is 2. The number of amides is 1. The number of nitrogens with zero attached hydrogens (tertiary/aromatic N) is 2. The fraction of sp³-hybridized carbons (Fsp3) is 0.476. The highest BCUT2D eigenvalue weighted by Crippen LogP contribution is 2.41. The summed E-state index contributed by atoms with van der Waals surface area (Å²) < 4.78 is 47.9. The molecular formula is C21H26F3N3O6. The summed E-state index contributed by atoms with van der Waals surface area (Å²) in [5.74, 6) is 0.0432. The van der Waals surface area contributed by atoms with Crippen LogP contribution in [0.3, 0.4) is 0 Å². The first-order valence-corrected chi connectivity index (χ1v) is 9.87. The first kappa shape index (κ1) is 25.8. The normalized spacial score (nSPS) is 15.8. The van der Waals surface area contributed by atoms with Crippen molar-refractivity contribution in [3.63, 3.8) is 0 Å². The summed E-state index contributed by atoms with van der Waals surface area (Å²) in [6, 6.07) is 3.95. The highest BCUT2D eigenvalue weighted by atomic mass is 19.4. The number of H-pyrrole nitrogens is 1. The van der Waals surface area contributed by atoms with Crippen LogP contribution in [0.15, 0.2) is 18.3 Å². The van der Waals surface area contributed by atoms with Crippen molar-refractivity contribution in [1.82, 2.24) is 14.9 Å². The van der Waals surface area contributed by atoms with E-state index in [4.69, 9.17) is 24.1 Å². The van der Waals surface area contributed by atoms with Gasteiger partial charge >= 0.3 is 12.1 Å². The third kappa shape index (κ3) is 6.08. The zero-order valence-electron chi connectivity index (χ0n) is 18.8. The van der Waals surface area contributed by atoms with E-state index in [0.29, 0.717) is 30.2 Å². The van der Waals surface area contributed by atoms with Gasteiger partial charge in [-0.15, -0.1) is 0 Å². The molecule has 0 saturated carbocycles. The maximum Gasteiger partial charge on any atom is 0.490 e. The number of hydrogen-bond acceptors (Lipinski definition) is 6. The maximum atomic E-state index is 12.2. The summed E-state index contributed by atoms with van der Waals surface area (Å²) in [5, 5.41) is 7.12. The Bertz CT molecular complexity index is 965. The predicted octanol–water partition coefficient (Wildman–Crippen LogP) is 3.46. The number of aromatic amines is 1. The molecule has 182 valence electrons. The van der Waals surface area contributed by atoms with E-state index in [0.717, 1.165) is 17.1 Å². The molecule has 2 aromatic rings. The molecule has 0 spiro atoms. The van der Waals surface area contributed by atoms with E-state index in [1.165, 1.54) is 0 Å². The first-order chi connectivity index (χ1) is 15.4. The van der Waals surface area contributed by atoms with Gasteiger partial charge in [0.15, 0.2) is 11.5 Å². The number of carboxylic acid groups (broad SMARTS) is 1. The predicted molar refractivity (Wildman–Crippen MR) is 112 cm³/mol. The molecule has 1 aliphatic rings. The molecule has 1 fully saturated rings. The van der Waals surface area contributed by atoms with Gasteiger partial charge in [-0.1, -0.05) is 0 Å². The molecule has 12 heteroatoms. The number of ether oxygens (including phenoxy) is 3. The number of aliphatic carboxylic acids is 1. The number of alkyl halides is 3. The standard InChI is InChI=1S/C19H25N3O4.C2HF3O2/c1-11(2)22-10-13(8-17(22)23)19-20-9-14(21-19)12-6-15(24-3)18(26-5)16(7-12)25-4;3-2(4,5)1(6)7/h6-7,9,11,13H,8,10H2,1-5H3,(H,20,21);(H,6,7). The van der Waals surface area contributed by atoms with Gasteiger partial charge in [0.2, 0.25) is 11.7 Å². The molecule has 1 aromatic heterocycles. The topological polar surface area (TPSA) is 114 Å². The number of imidazole rings is 1. The molecule has 0 bridgehead atoms. The second-order valence-electron chi connectivity index (χ2n) is 7.44. The molecule has 1 atom stereocenters. The Morgan fingerprint density at radius 3 is 2.12 bits per heavy atom. The Morgan fingerprint density at radius 1 is 1.18 bits per heavy atom. The van der Waals surface area contributed by atoms with Crippen molar-refractivity contribution >= 4 is 11.9 Å². The van der Waals surface area contributed by atoms with Crippen molar-refractivity contribution < 1.29 is 42.1 Å². The van der Waals surface area contributed by atoms with Crippen LogP contribution in [0.2, 0.25) is 0 Å². The average Bonchev–Trinajstić information content (AvgIpc) is 3.39. The minimum absolute atomic E-state index is 0.0840. The van der Waals surface area contributed by atoms with Gasteiger partial charge in [-0.2, -0.15) is 13.2 Å². The van der Waals surface area contributed by atoms with Crippen LogP contribution < -0.4 is 14.2 Å². The second-order valence-corrected chi connectivity index (χ2v) is 7.44. The number of likely N-dealkylation sites (tertiary alicyclic amines) is 1. The maximum absolute atomic E-state index is 12.2. The van der Waals surface area contributed by atoms with Crippen LogP contribution in [0.1, 0.15) is 32.0 Å². The summed E-state index contributed by atoms with van der Waals surface area (Å²) in [4.78, 5) is 30.8. The largest absolute Gasteiger partial charge is 0.493 e. The summed E-state index contributed by atoms with van der Waals surface area (Å²) in [6.07, 6.45) is -2.82. The quantitative estimate of drug-likeness (QED) is 0.661. The lowest BCUT2D eigenvalue weighted by atomic mass is 10.1. The monoisotopic (exact) mass is 473 g/mol. The Hall–Kier alpha value is -3.44. The minimum Gasteiger partial charge on any atom is -0.493 e. The third-order valence-corrected chi connectivity index (χ3v) is 4.98. The fourth-order valence-corrected chi connectivity index (χ4v) is 3.34. The van der Waals surface area contributed by atoms with Crippen molar-refractivity contribution in [3.8, 4) is 28.5 Å². The van der Waals surface area contributed by atoms with Gasteiger partial charge in [-0.05, 0) is 26.0 Å². The van der Waals surface area contributed by atoms with Crippen LogP contribution in [0, 0.1) is 0 Å². The van der Waals surface area contributed by atoms with Crippen molar-refractivity contribution in [2.45, 2.75) is 38.4 Å². The number of hydrogen-bond donors (Lipinski definition) is 2. The number of benzene rings is 1. The molecule has 0 radical (unpaired) electrons. The molecule has 1 unspecified atom stereocenters. The molecule has 2 heterocycles. The fourth-order valence-electron chi connectivity index (χ4n) is 3.34. The average molecular weight is 473 g/mol. The number of aromatic nitrogens is 2. The number of carbonyl (C=O) groups excluding carboxylic acids is 1. The Balaban J connectivity index is 0.000000479. The Morgan fingerprint density at radius 2 is 1.73 bits per heavy atom. The van der Waals surface area contributed by atoms with Gasteiger partial charge in [0, 0.05) is 30.5 Å². The molecule has 9 nitrogen and oxygen atoms in total. The van der Waals surface area contributed by atoms with Gasteiger partial charge in [-0.25, -0.2) is 9.78 Å². The highest BCUT2D eigenvalue weighted by molar-refractivity contribution is 5.80. The SMILES string of the molecule is COc1cc(-c2cnc(C3CC(=O)N(C(C)C)C3)[nH]2)cc(OC)c1OC.O=C(O)C(F)(F)F. The molecule has 1 aromatic carbocycles. The molecular weight excluding hydrogens is 447 g/mol. The van der Waals surface area contributed by atoms with Crippen LogP contribution in [0.5, 0.6) is 17.2 Å². The van der Waals surface area contributed by atoms with Crippen LogP contribution in [0.25, 0.3) is 11.3 Å². The van der Waals surface area contributed by atoms with Gasteiger partial charge in [0.25, 0.3) is 0 Å².